The lowest BCUT2D eigenvalue weighted by atomic mass is 10.1. The number of anilines is 1. The fourth-order valence-corrected chi connectivity index (χ4v) is 3.76. The van der Waals surface area contributed by atoms with Crippen LogP contribution in [-0.4, -0.2) is 38.1 Å². The molecule has 0 fully saturated rings. The zero-order chi connectivity index (χ0) is 25.3. The Morgan fingerprint density at radius 2 is 1.97 bits per heavy atom. The minimum absolute atomic E-state index is 0.0544. The van der Waals surface area contributed by atoms with Crippen LogP contribution in [0.5, 0.6) is 0 Å². The topological polar surface area (TPSA) is 109 Å². The summed E-state index contributed by atoms with van der Waals surface area (Å²) in [5.41, 5.74) is 1.71. The third kappa shape index (κ3) is 4.75. The molecule has 2 N–H and O–H groups in total. The number of benzene rings is 1. The number of hydrogen-bond donors (Lipinski definition) is 2. The average Bonchev–Trinajstić information content (AvgIpc) is 3.03. The van der Waals surface area contributed by atoms with Crippen molar-refractivity contribution >= 4 is 40.7 Å². The number of fused-ring (bicyclic) bond motifs is 1. The molecular formula is C22H18Cl2F2N6O3. The number of alkyl halides is 2. The molecule has 0 saturated heterocycles. The number of amides is 2. The summed E-state index contributed by atoms with van der Waals surface area (Å²) >= 11 is 11.6. The van der Waals surface area contributed by atoms with E-state index in [2.05, 4.69) is 20.8 Å². The molecule has 1 aliphatic rings. The van der Waals surface area contributed by atoms with E-state index in [0.717, 1.165) is 23.0 Å². The predicted octanol–water partition coefficient (Wildman–Crippen LogP) is 3.40. The Morgan fingerprint density at radius 1 is 1.20 bits per heavy atom. The summed E-state index contributed by atoms with van der Waals surface area (Å²) in [6, 6.07) is 4.03. The number of hydrogen-bond acceptors (Lipinski definition) is 6. The van der Waals surface area contributed by atoms with Gasteiger partial charge in [-0.2, -0.15) is 13.9 Å². The third-order valence-electron chi connectivity index (χ3n) is 5.35. The summed E-state index contributed by atoms with van der Waals surface area (Å²) in [5.74, 6) is -1.63. The van der Waals surface area contributed by atoms with Gasteiger partial charge in [0.1, 0.15) is 11.1 Å². The second kappa shape index (κ2) is 9.68. The van der Waals surface area contributed by atoms with Gasteiger partial charge in [-0.3, -0.25) is 19.4 Å². The number of hydrazine groups is 1. The van der Waals surface area contributed by atoms with Gasteiger partial charge in [0, 0.05) is 30.5 Å². The van der Waals surface area contributed by atoms with Crippen LogP contribution in [0.25, 0.3) is 0 Å². The predicted molar refractivity (Wildman–Crippen MR) is 124 cm³/mol. The maximum Gasteiger partial charge on any atom is 0.368 e. The van der Waals surface area contributed by atoms with Crippen LogP contribution in [0.3, 0.4) is 0 Å². The fraction of sp³-hybridized carbons (Fsp3) is 0.227. The monoisotopic (exact) mass is 522 g/mol. The van der Waals surface area contributed by atoms with Gasteiger partial charge in [0.05, 0.1) is 22.3 Å². The molecule has 182 valence electrons. The van der Waals surface area contributed by atoms with Gasteiger partial charge in [0.25, 0.3) is 11.5 Å². The van der Waals surface area contributed by atoms with Gasteiger partial charge in [-0.05, 0) is 37.3 Å². The number of rotatable bonds is 7. The Bertz CT molecular complexity index is 1350. The second-order valence-electron chi connectivity index (χ2n) is 7.64. The van der Waals surface area contributed by atoms with E-state index in [1.807, 2.05) is 0 Å². The number of pyridine rings is 1. The van der Waals surface area contributed by atoms with Crippen molar-refractivity contribution in [1.82, 2.24) is 25.2 Å². The van der Waals surface area contributed by atoms with E-state index in [0.29, 0.717) is 12.1 Å². The lowest BCUT2D eigenvalue weighted by Crippen LogP contribution is -2.48. The van der Waals surface area contributed by atoms with Gasteiger partial charge in [-0.1, -0.05) is 29.3 Å². The molecule has 1 unspecified atom stereocenters. The largest absolute Gasteiger partial charge is 0.368 e. The molecular weight excluding hydrogens is 505 g/mol. The second-order valence-corrected chi connectivity index (χ2v) is 8.43. The van der Waals surface area contributed by atoms with Crippen molar-refractivity contribution in [2.45, 2.75) is 25.4 Å². The number of nitrogens with one attached hydrogen (secondary N) is 2. The van der Waals surface area contributed by atoms with Crippen LogP contribution < -0.4 is 16.3 Å². The first kappa shape index (κ1) is 24.7. The van der Waals surface area contributed by atoms with Crippen molar-refractivity contribution in [2.24, 2.45) is 0 Å². The standard InChI is InChI=1S/C22H18Cl2F2N6O3/c1-12(31-21(35)18(24)17(23)11-29-31)19(33)30-14-5-6-16-15(10-14)20(34)32(22(16,25)26)28-9-7-13-4-2-3-8-27-13/h2-6,8,10-12,28H,7,9H2,1H3,(H,30,33). The van der Waals surface area contributed by atoms with Crippen LogP contribution in [0.15, 0.2) is 53.6 Å². The Kier molecular flexibility index (Phi) is 6.84. The van der Waals surface area contributed by atoms with E-state index < -0.39 is 35.0 Å². The lowest BCUT2D eigenvalue weighted by Gasteiger charge is -2.24. The molecule has 0 aliphatic carbocycles. The van der Waals surface area contributed by atoms with Crippen LogP contribution in [0, 0.1) is 0 Å². The summed E-state index contributed by atoms with van der Waals surface area (Å²) in [6.45, 7) is 1.45. The van der Waals surface area contributed by atoms with E-state index >= 15 is 0 Å². The number of carbonyl (C=O) groups excluding carboxylic acids is 2. The van der Waals surface area contributed by atoms with Gasteiger partial charge in [0.2, 0.25) is 5.91 Å². The van der Waals surface area contributed by atoms with E-state index in [4.69, 9.17) is 23.2 Å². The number of aromatic nitrogens is 3. The highest BCUT2D eigenvalue weighted by molar-refractivity contribution is 6.41. The van der Waals surface area contributed by atoms with Crippen molar-refractivity contribution in [3.63, 3.8) is 0 Å². The molecule has 9 nitrogen and oxygen atoms in total. The lowest BCUT2D eigenvalue weighted by molar-refractivity contribution is -0.143. The third-order valence-corrected chi connectivity index (χ3v) is 6.10. The van der Waals surface area contributed by atoms with E-state index in [9.17, 15) is 23.2 Å². The molecule has 0 spiro atoms. The highest BCUT2D eigenvalue weighted by atomic mass is 35.5. The van der Waals surface area contributed by atoms with Crippen LogP contribution in [0.4, 0.5) is 14.5 Å². The highest BCUT2D eigenvalue weighted by Crippen LogP contribution is 2.41. The van der Waals surface area contributed by atoms with E-state index in [-0.39, 0.29) is 32.8 Å². The molecule has 3 heterocycles. The van der Waals surface area contributed by atoms with Crippen LogP contribution in [0.2, 0.25) is 10.0 Å². The number of carbonyl (C=O) groups is 2. The normalized spacial score (nSPS) is 15.1. The highest BCUT2D eigenvalue weighted by Gasteiger charge is 2.52. The Labute approximate surface area is 207 Å². The number of nitrogens with zero attached hydrogens (tertiary/aromatic N) is 4. The smallest absolute Gasteiger partial charge is 0.324 e. The first-order valence-electron chi connectivity index (χ1n) is 10.3. The maximum absolute atomic E-state index is 14.9. The minimum Gasteiger partial charge on any atom is -0.324 e. The summed E-state index contributed by atoms with van der Waals surface area (Å²) in [4.78, 5) is 41.7. The SMILES string of the molecule is CC(C(=O)Nc1ccc2c(c1)C(=O)N(NCCc1ccccn1)C2(F)F)n1ncc(Cl)c(Cl)c1=O. The first-order chi connectivity index (χ1) is 16.6. The van der Waals surface area contributed by atoms with Gasteiger partial charge in [-0.25, -0.2) is 15.1 Å². The van der Waals surface area contributed by atoms with Gasteiger partial charge < -0.3 is 5.32 Å². The Hall–Kier alpha value is -3.41. The summed E-state index contributed by atoms with van der Waals surface area (Å²) < 4.78 is 30.6. The minimum atomic E-state index is -3.59. The van der Waals surface area contributed by atoms with Crippen LogP contribution in [-0.2, 0) is 17.3 Å². The molecule has 2 aromatic heterocycles. The maximum atomic E-state index is 14.9. The molecule has 1 aliphatic heterocycles. The van der Waals surface area contributed by atoms with Gasteiger partial charge in [-0.15, -0.1) is 0 Å². The van der Waals surface area contributed by atoms with E-state index in [1.165, 1.54) is 13.0 Å². The van der Waals surface area contributed by atoms with Crippen molar-refractivity contribution in [3.8, 4) is 0 Å². The van der Waals surface area contributed by atoms with Crippen LogP contribution in [0.1, 0.15) is 34.6 Å². The average molecular weight is 523 g/mol. The first-order valence-corrected chi connectivity index (χ1v) is 11.1. The molecule has 2 amide bonds. The van der Waals surface area contributed by atoms with Crippen LogP contribution >= 0.6 is 23.2 Å². The molecule has 1 atom stereocenters. The fourth-order valence-electron chi connectivity index (χ4n) is 3.50. The Balaban J connectivity index is 1.48. The van der Waals surface area contributed by atoms with Gasteiger partial charge in [0.15, 0.2) is 0 Å². The van der Waals surface area contributed by atoms with Crippen molar-refractivity contribution < 1.29 is 18.4 Å². The summed E-state index contributed by atoms with van der Waals surface area (Å²) in [7, 11) is 0. The van der Waals surface area contributed by atoms with E-state index in [1.54, 1.807) is 24.4 Å². The molecule has 35 heavy (non-hydrogen) atoms. The zero-order valence-electron chi connectivity index (χ0n) is 18.1. The molecule has 13 heteroatoms. The quantitative estimate of drug-likeness (QED) is 0.460. The van der Waals surface area contributed by atoms with Gasteiger partial charge >= 0.3 is 6.05 Å². The molecule has 0 bridgehead atoms. The molecule has 3 aromatic rings. The Morgan fingerprint density at radius 3 is 2.69 bits per heavy atom. The molecule has 1 aromatic carbocycles. The zero-order valence-corrected chi connectivity index (χ0v) is 19.6. The number of halogens is 4. The molecule has 4 rings (SSSR count). The van der Waals surface area contributed by atoms with Crippen molar-refractivity contribution in [2.75, 3.05) is 11.9 Å². The molecule has 0 radical (unpaired) electrons. The van der Waals surface area contributed by atoms with Crippen molar-refractivity contribution in [3.05, 3.63) is 86.0 Å². The summed E-state index contributed by atoms with van der Waals surface area (Å²) in [5, 5.41) is 6.23. The summed E-state index contributed by atoms with van der Waals surface area (Å²) in [6.07, 6.45) is 3.05. The molecule has 0 saturated carbocycles. The van der Waals surface area contributed by atoms with Crippen molar-refractivity contribution in [1.29, 1.82) is 0 Å².